The second-order valence-electron chi connectivity index (χ2n) is 2.76. The molecule has 0 aliphatic rings. The van der Waals surface area contributed by atoms with Gasteiger partial charge in [0.1, 0.15) is 5.69 Å². The molecule has 1 aromatic heterocycles. The van der Waals surface area contributed by atoms with Crippen LogP contribution >= 0.6 is 0 Å². The molecule has 0 saturated heterocycles. The summed E-state index contributed by atoms with van der Waals surface area (Å²) in [4.78, 5) is 4.00. The van der Waals surface area contributed by atoms with Crippen LogP contribution in [-0.4, -0.2) is 11.1 Å². The molecule has 0 radical (unpaired) electrons. The fourth-order valence-electron chi connectivity index (χ4n) is 0.863. The summed E-state index contributed by atoms with van der Waals surface area (Å²) in [6.07, 6.45) is 3.50. The van der Waals surface area contributed by atoms with Crippen LogP contribution in [0.4, 0.5) is 5.69 Å². The predicted octanol–water partition coefficient (Wildman–Crippen LogP) is 1.76. The Morgan fingerprint density at radius 2 is 2.38 bits per heavy atom. The lowest BCUT2D eigenvalue weighted by molar-refractivity contribution is 0.234. The maximum atomic E-state index is 8.43. The molecule has 0 amide bonds. The number of ether oxygens (including phenoxy) is 1. The van der Waals surface area contributed by atoms with Gasteiger partial charge >= 0.3 is 0 Å². The van der Waals surface area contributed by atoms with Gasteiger partial charge in [-0.05, 0) is 26.0 Å². The summed E-state index contributed by atoms with van der Waals surface area (Å²) in [5.74, 6) is 0.457. The zero-order valence-electron chi connectivity index (χ0n) is 7.61. The lowest BCUT2D eigenvalue weighted by Gasteiger charge is -2.10. The van der Waals surface area contributed by atoms with Crippen molar-refractivity contribution in [1.82, 2.24) is 4.98 Å². The smallest absolute Gasteiger partial charge is 0.238 e. The average Bonchev–Trinajstić information content (AvgIpc) is 2.08. The number of hydrogen-bond acceptors (Lipinski definition) is 4. The molecule has 0 aliphatic heterocycles. The molecule has 0 saturated carbocycles. The Balaban J connectivity index is 2.85. The lowest BCUT2D eigenvalue weighted by atomic mass is 10.4. The van der Waals surface area contributed by atoms with Crippen molar-refractivity contribution in [2.45, 2.75) is 20.0 Å². The van der Waals surface area contributed by atoms with Gasteiger partial charge in [-0.2, -0.15) is 5.26 Å². The van der Waals surface area contributed by atoms with Gasteiger partial charge in [0.05, 0.1) is 6.10 Å². The highest BCUT2D eigenvalue weighted by atomic mass is 16.5. The van der Waals surface area contributed by atoms with Crippen molar-refractivity contribution in [2.24, 2.45) is 0 Å². The molecule has 0 fully saturated rings. The minimum absolute atomic E-state index is 0.0501. The first-order chi connectivity index (χ1) is 6.24. The van der Waals surface area contributed by atoms with E-state index in [4.69, 9.17) is 10.00 Å². The Labute approximate surface area is 77.2 Å². The third-order valence-electron chi connectivity index (χ3n) is 1.31. The van der Waals surface area contributed by atoms with E-state index in [1.807, 2.05) is 20.0 Å². The molecule has 0 aromatic carbocycles. The van der Waals surface area contributed by atoms with E-state index in [-0.39, 0.29) is 6.10 Å². The Morgan fingerprint density at radius 3 is 3.00 bits per heavy atom. The van der Waals surface area contributed by atoms with Crippen LogP contribution in [0.3, 0.4) is 0 Å². The SMILES string of the molecule is CC(C)Oc1ncccc1NC#N. The zero-order valence-corrected chi connectivity index (χ0v) is 7.61. The first-order valence-electron chi connectivity index (χ1n) is 4.01. The minimum Gasteiger partial charge on any atom is -0.473 e. The largest absolute Gasteiger partial charge is 0.473 e. The Hall–Kier alpha value is -1.76. The van der Waals surface area contributed by atoms with Crippen molar-refractivity contribution in [1.29, 1.82) is 5.26 Å². The number of hydrogen-bond donors (Lipinski definition) is 1. The maximum absolute atomic E-state index is 8.43. The van der Waals surface area contributed by atoms with Gasteiger partial charge in [-0.3, -0.25) is 5.32 Å². The van der Waals surface area contributed by atoms with Gasteiger partial charge in [0.25, 0.3) is 0 Å². The molecule has 0 spiro atoms. The first kappa shape index (κ1) is 9.33. The number of rotatable bonds is 3. The third-order valence-corrected chi connectivity index (χ3v) is 1.31. The number of nitrogens with zero attached hydrogens (tertiary/aromatic N) is 2. The van der Waals surface area contributed by atoms with Crippen molar-refractivity contribution in [3.63, 3.8) is 0 Å². The van der Waals surface area contributed by atoms with Crippen LogP contribution in [0.15, 0.2) is 18.3 Å². The molecular weight excluding hydrogens is 166 g/mol. The molecule has 0 unspecified atom stereocenters. The summed E-state index contributed by atoms with van der Waals surface area (Å²) in [5, 5.41) is 10.9. The van der Waals surface area contributed by atoms with Gasteiger partial charge in [0.2, 0.25) is 5.88 Å². The van der Waals surface area contributed by atoms with Crippen molar-refractivity contribution in [3.05, 3.63) is 18.3 Å². The van der Waals surface area contributed by atoms with Crippen molar-refractivity contribution in [2.75, 3.05) is 5.32 Å². The predicted molar refractivity (Wildman–Crippen MR) is 49.2 cm³/mol. The number of nitriles is 1. The van der Waals surface area contributed by atoms with E-state index in [0.29, 0.717) is 11.6 Å². The Kier molecular flexibility index (Phi) is 3.09. The van der Waals surface area contributed by atoms with Gasteiger partial charge in [-0.15, -0.1) is 0 Å². The standard InChI is InChI=1S/C9H11N3O/c1-7(2)13-9-8(12-6-10)4-3-5-11-9/h3-5,7,12H,1-2H3. The average molecular weight is 177 g/mol. The fourth-order valence-corrected chi connectivity index (χ4v) is 0.863. The summed E-state index contributed by atoms with van der Waals surface area (Å²) in [6, 6.07) is 3.49. The number of anilines is 1. The quantitative estimate of drug-likeness (QED) is 0.564. The highest BCUT2D eigenvalue weighted by molar-refractivity contribution is 5.54. The highest BCUT2D eigenvalue weighted by Crippen LogP contribution is 2.20. The maximum Gasteiger partial charge on any atom is 0.238 e. The zero-order chi connectivity index (χ0) is 9.68. The molecule has 1 N–H and O–H groups in total. The van der Waals surface area contributed by atoms with Crippen molar-refractivity contribution in [3.8, 4) is 12.1 Å². The normalized spacial score (nSPS) is 9.38. The van der Waals surface area contributed by atoms with Crippen molar-refractivity contribution < 1.29 is 4.74 Å². The summed E-state index contributed by atoms with van der Waals surface area (Å²) in [7, 11) is 0. The van der Waals surface area contributed by atoms with E-state index in [2.05, 4.69) is 10.3 Å². The van der Waals surface area contributed by atoms with E-state index in [9.17, 15) is 0 Å². The molecule has 1 aromatic rings. The van der Waals surface area contributed by atoms with E-state index in [1.165, 1.54) is 0 Å². The molecule has 0 aliphatic carbocycles. The van der Waals surface area contributed by atoms with Crippen LogP contribution in [-0.2, 0) is 0 Å². The lowest BCUT2D eigenvalue weighted by Crippen LogP contribution is -2.08. The van der Waals surface area contributed by atoms with Crippen LogP contribution in [0.5, 0.6) is 5.88 Å². The van der Waals surface area contributed by atoms with E-state index < -0.39 is 0 Å². The van der Waals surface area contributed by atoms with Gasteiger partial charge in [0.15, 0.2) is 6.19 Å². The number of aromatic nitrogens is 1. The summed E-state index contributed by atoms with van der Waals surface area (Å²) in [5.41, 5.74) is 0.596. The van der Waals surface area contributed by atoms with E-state index in [1.54, 1.807) is 18.3 Å². The summed E-state index contributed by atoms with van der Waals surface area (Å²) in [6.45, 7) is 3.82. The molecule has 0 bridgehead atoms. The summed E-state index contributed by atoms with van der Waals surface area (Å²) >= 11 is 0. The van der Waals surface area contributed by atoms with Crippen LogP contribution in [0.1, 0.15) is 13.8 Å². The third kappa shape index (κ3) is 2.64. The monoisotopic (exact) mass is 177 g/mol. The van der Waals surface area contributed by atoms with Crippen LogP contribution in [0, 0.1) is 11.5 Å². The van der Waals surface area contributed by atoms with E-state index in [0.717, 1.165) is 0 Å². The topological polar surface area (TPSA) is 57.9 Å². The molecule has 1 rings (SSSR count). The van der Waals surface area contributed by atoms with Crippen LogP contribution in [0.2, 0.25) is 0 Å². The first-order valence-corrected chi connectivity index (χ1v) is 4.01. The Morgan fingerprint density at radius 1 is 1.62 bits per heavy atom. The van der Waals surface area contributed by atoms with Gasteiger partial charge < -0.3 is 4.74 Å². The van der Waals surface area contributed by atoms with Gasteiger partial charge in [-0.25, -0.2) is 4.98 Å². The second-order valence-corrected chi connectivity index (χ2v) is 2.76. The summed E-state index contributed by atoms with van der Waals surface area (Å²) < 4.78 is 5.37. The highest BCUT2D eigenvalue weighted by Gasteiger charge is 2.04. The molecule has 0 atom stereocenters. The van der Waals surface area contributed by atoms with Crippen LogP contribution in [0.25, 0.3) is 0 Å². The molecule has 4 heteroatoms. The van der Waals surface area contributed by atoms with Gasteiger partial charge in [0, 0.05) is 6.20 Å². The minimum atomic E-state index is 0.0501. The molecular formula is C9H11N3O. The molecule has 13 heavy (non-hydrogen) atoms. The van der Waals surface area contributed by atoms with Crippen LogP contribution < -0.4 is 10.1 Å². The van der Waals surface area contributed by atoms with E-state index >= 15 is 0 Å². The Bertz CT molecular complexity index is 317. The number of nitrogens with one attached hydrogen (secondary N) is 1. The number of pyridine rings is 1. The van der Waals surface area contributed by atoms with Gasteiger partial charge in [-0.1, -0.05) is 0 Å². The second kappa shape index (κ2) is 4.31. The van der Waals surface area contributed by atoms with Crippen molar-refractivity contribution >= 4 is 5.69 Å². The fraction of sp³-hybridized carbons (Fsp3) is 0.333. The molecule has 4 nitrogen and oxygen atoms in total. The molecule has 1 heterocycles. The molecule has 68 valence electrons.